The molecule has 8 heteroatoms. The van der Waals surface area contributed by atoms with Crippen molar-refractivity contribution in [2.75, 3.05) is 0 Å². The second-order valence-electron chi connectivity index (χ2n) is 5.29. The molecule has 2 aromatic heterocycles. The highest BCUT2D eigenvalue weighted by Gasteiger charge is 2.08. The maximum absolute atomic E-state index is 12.4. The van der Waals surface area contributed by atoms with E-state index < -0.39 is 0 Å². The van der Waals surface area contributed by atoms with Crippen molar-refractivity contribution < 1.29 is 0 Å². The van der Waals surface area contributed by atoms with E-state index in [1.165, 1.54) is 16.4 Å². The molecule has 0 unspecified atom stereocenters. The lowest BCUT2D eigenvalue weighted by Crippen LogP contribution is -2.23. The average molecular weight is 414 g/mol. The Bertz CT molecular complexity index is 1090. The number of rotatable bonds is 4. The van der Waals surface area contributed by atoms with Gasteiger partial charge in [0.25, 0.3) is 5.56 Å². The van der Waals surface area contributed by atoms with Gasteiger partial charge in [-0.2, -0.15) is 4.68 Å². The molecule has 0 atom stereocenters. The van der Waals surface area contributed by atoms with Crippen LogP contribution < -0.4 is 5.56 Å². The standard InChI is InChI=1S/C17H12BrN5OS/c18-12-7-5-11(6-8-12)15-9-19-17(20-15)25-10-23-16(24)13-3-1-2-4-14(13)21-22-23/h1-9H,10H2,(H,19,20). The van der Waals surface area contributed by atoms with E-state index in [1.54, 1.807) is 18.3 Å². The van der Waals surface area contributed by atoms with Gasteiger partial charge in [-0.05, 0) is 29.8 Å². The van der Waals surface area contributed by atoms with Crippen molar-refractivity contribution in [3.8, 4) is 11.3 Å². The zero-order chi connectivity index (χ0) is 17.2. The predicted molar refractivity (Wildman–Crippen MR) is 101 cm³/mol. The van der Waals surface area contributed by atoms with E-state index in [0.717, 1.165) is 20.9 Å². The normalized spacial score (nSPS) is 11.1. The first-order valence-electron chi connectivity index (χ1n) is 7.47. The lowest BCUT2D eigenvalue weighted by atomic mass is 10.2. The Kier molecular flexibility index (Phi) is 4.37. The summed E-state index contributed by atoms with van der Waals surface area (Å²) < 4.78 is 2.37. The minimum Gasteiger partial charge on any atom is -0.333 e. The molecule has 1 N–H and O–H groups in total. The first kappa shape index (κ1) is 16.0. The lowest BCUT2D eigenvalue weighted by molar-refractivity contribution is 0.644. The van der Waals surface area contributed by atoms with Gasteiger partial charge in [0.2, 0.25) is 0 Å². The van der Waals surface area contributed by atoms with Crippen LogP contribution in [0.2, 0.25) is 0 Å². The monoisotopic (exact) mass is 413 g/mol. The summed E-state index contributed by atoms with van der Waals surface area (Å²) in [5, 5.41) is 9.35. The molecule has 2 heterocycles. The summed E-state index contributed by atoms with van der Waals surface area (Å²) in [5.41, 5.74) is 2.42. The van der Waals surface area contributed by atoms with Crippen LogP contribution in [0.5, 0.6) is 0 Å². The van der Waals surface area contributed by atoms with Crippen LogP contribution in [0.15, 0.2) is 69.2 Å². The quantitative estimate of drug-likeness (QED) is 0.516. The molecule has 0 saturated heterocycles. The Morgan fingerprint density at radius 1 is 1.12 bits per heavy atom. The van der Waals surface area contributed by atoms with Crippen molar-refractivity contribution in [3.63, 3.8) is 0 Å². The van der Waals surface area contributed by atoms with Gasteiger partial charge in [-0.15, -0.1) is 5.10 Å². The van der Waals surface area contributed by atoms with Crippen LogP contribution in [-0.4, -0.2) is 25.0 Å². The number of hydrogen-bond acceptors (Lipinski definition) is 5. The second kappa shape index (κ2) is 6.81. The summed E-state index contributed by atoms with van der Waals surface area (Å²) in [5.74, 6) is 0.337. The number of thioether (sulfide) groups is 1. The number of benzene rings is 2. The fraction of sp³-hybridized carbons (Fsp3) is 0.0588. The van der Waals surface area contributed by atoms with Gasteiger partial charge < -0.3 is 4.98 Å². The summed E-state index contributed by atoms with van der Waals surface area (Å²) in [6, 6.07) is 15.2. The van der Waals surface area contributed by atoms with Gasteiger partial charge >= 0.3 is 0 Å². The molecular weight excluding hydrogens is 402 g/mol. The molecule has 2 aromatic carbocycles. The SMILES string of the molecule is O=c1c2ccccc2nnn1CSc1ncc(-c2ccc(Br)cc2)[nH]1. The number of fused-ring (bicyclic) bond motifs is 1. The van der Waals surface area contributed by atoms with Crippen LogP contribution >= 0.6 is 27.7 Å². The third-order valence-corrected chi connectivity index (χ3v) is 5.04. The van der Waals surface area contributed by atoms with Crippen LogP contribution in [0.1, 0.15) is 0 Å². The molecular formula is C17H12BrN5OS. The lowest BCUT2D eigenvalue weighted by Gasteiger charge is -2.03. The zero-order valence-corrected chi connectivity index (χ0v) is 15.3. The van der Waals surface area contributed by atoms with Crippen LogP contribution in [0, 0.1) is 0 Å². The maximum atomic E-state index is 12.4. The highest BCUT2D eigenvalue weighted by molar-refractivity contribution is 9.10. The van der Waals surface area contributed by atoms with Crippen LogP contribution in [0.3, 0.4) is 0 Å². The average Bonchev–Trinajstić information content (AvgIpc) is 3.11. The first-order valence-corrected chi connectivity index (χ1v) is 9.25. The molecule has 0 radical (unpaired) electrons. The molecule has 0 saturated carbocycles. The van der Waals surface area contributed by atoms with Gasteiger partial charge in [0, 0.05) is 4.47 Å². The van der Waals surface area contributed by atoms with E-state index in [0.29, 0.717) is 16.8 Å². The van der Waals surface area contributed by atoms with Gasteiger partial charge in [0.15, 0.2) is 5.16 Å². The van der Waals surface area contributed by atoms with Crippen LogP contribution in [0.25, 0.3) is 22.2 Å². The number of nitrogens with zero attached hydrogens (tertiary/aromatic N) is 4. The largest absolute Gasteiger partial charge is 0.333 e. The number of hydrogen-bond donors (Lipinski definition) is 1. The zero-order valence-electron chi connectivity index (χ0n) is 12.9. The minimum atomic E-state index is -0.155. The van der Waals surface area contributed by atoms with E-state index in [2.05, 4.69) is 36.2 Å². The fourth-order valence-electron chi connectivity index (χ4n) is 2.38. The number of aromatic nitrogens is 5. The van der Waals surface area contributed by atoms with E-state index in [9.17, 15) is 4.79 Å². The Hall–Kier alpha value is -2.45. The van der Waals surface area contributed by atoms with Crippen molar-refractivity contribution in [3.05, 3.63) is 69.6 Å². The summed E-state index contributed by atoms with van der Waals surface area (Å²) in [6.07, 6.45) is 1.78. The molecule has 0 aliphatic carbocycles. The molecule has 0 spiro atoms. The third kappa shape index (κ3) is 3.35. The molecule has 0 aliphatic heterocycles. The molecule has 0 aliphatic rings. The molecule has 0 bridgehead atoms. The molecule has 6 nitrogen and oxygen atoms in total. The first-order chi connectivity index (χ1) is 12.2. The van der Waals surface area contributed by atoms with Crippen LogP contribution in [0.4, 0.5) is 0 Å². The molecule has 4 rings (SSSR count). The summed E-state index contributed by atoms with van der Waals surface area (Å²) >= 11 is 4.82. The molecule has 0 fully saturated rings. The van der Waals surface area contributed by atoms with E-state index in [1.807, 2.05) is 36.4 Å². The van der Waals surface area contributed by atoms with E-state index in [-0.39, 0.29) is 5.56 Å². The predicted octanol–water partition coefficient (Wildman–Crippen LogP) is 3.69. The Morgan fingerprint density at radius 2 is 1.92 bits per heavy atom. The van der Waals surface area contributed by atoms with Crippen molar-refractivity contribution in [1.29, 1.82) is 0 Å². The highest BCUT2D eigenvalue weighted by Crippen LogP contribution is 2.23. The Morgan fingerprint density at radius 3 is 2.76 bits per heavy atom. The number of halogens is 1. The molecule has 0 amide bonds. The second-order valence-corrected chi connectivity index (χ2v) is 7.14. The fourth-order valence-corrected chi connectivity index (χ4v) is 3.37. The smallest absolute Gasteiger partial charge is 0.278 e. The maximum Gasteiger partial charge on any atom is 0.278 e. The number of aromatic amines is 1. The van der Waals surface area contributed by atoms with Gasteiger partial charge in [-0.25, -0.2) is 4.98 Å². The van der Waals surface area contributed by atoms with Crippen molar-refractivity contribution >= 4 is 38.6 Å². The minimum absolute atomic E-state index is 0.155. The van der Waals surface area contributed by atoms with Crippen LogP contribution in [-0.2, 0) is 5.88 Å². The van der Waals surface area contributed by atoms with Gasteiger partial charge in [-0.3, -0.25) is 4.79 Å². The van der Waals surface area contributed by atoms with Crippen molar-refractivity contribution in [1.82, 2.24) is 25.0 Å². The Balaban J connectivity index is 1.53. The highest BCUT2D eigenvalue weighted by atomic mass is 79.9. The topological polar surface area (TPSA) is 76.5 Å². The summed E-state index contributed by atoms with van der Waals surface area (Å²) in [4.78, 5) is 20.0. The van der Waals surface area contributed by atoms with Gasteiger partial charge in [0.1, 0.15) is 5.52 Å². The number of nitrogens with one attached hydrogen (secondary N) is 1. The Labute approximate surface area is 155 Å². The summed E-state index contributed by atoms with van der Waals surface area (Å²) in [7, 11) is 0. The molecule has 25 heavy (non-hydrogen) atoms. The van der Waals surface area contributed by atoms with Crippen molar-refractivity contribution in [2.45, 2.75) is 11.0 Å². The third-order valence-electron chi connectivity index (χ3n) is 3.66. The number of H-pyrrole nitrogens is 1. The number of imidazole rings is 1. The van der Waals surface area contributed by atoms with E-state index >= 15 is 0 Å². The van der Waals surface area contributed by atoms with Gasteiger partial charge in [-0.1, -0.05) is 57.2 Å². The molecule has 4 aromatic rings. The summed E-state index contributed by atoms with van der Waals surface area (Å²) in [6.45, 7) is 0. The molecule has 124 valence electrons. The van der Waals surface area contributed by atoms with Gasteiger partial charge in [0.05, 0.1) is 23.2 Å². The van der Waals surface area contributed by atoms with Crippen molar-refractivity contribution in [2.24, 2.45) is 0 Å². The van der Waals surface area contributed by atoms with E-state index in [4.69, 9.17) is 0 Å².